The number of benzene rings is 2. The molecule has 0 fully saturated rings. The molecule has 0 aliphatic carbocycles. The van der Waals surface area contributed by atoms with Crippen LogP contribution >= 0.6 is 31.9 Å². The van der Waals surface area contributed by atoms with Gasteiger partial charge in [0, 0.05) is 11.1 Å². The number of carbonyl (C=O) groups excluding carboxylic acids is 2. The predicted octanol–water partition coefficient (Wildman–Crippen LogP) is 4.30. The van der Waals surface area contributed by atoms with Crippen LogP contribution in [-0.2, 0) is 0 Å². The zero-order valence-electron chi connectivity index (χ0n) is 13.2. The van der Waals surface area contributed by atoms with Crippen molar-refractivity contribution in [1.29, 1.82) is 0 Å². The molecule has 4 nitrogen and oxygen atoms in total. The maximum atomic E-state index is 12.5. The Balaban J connectivity index is 2.12. The van der Waals surface area contributed by atoms with Gasteiger partial charge in [-0.3, -0.25) is 9.59 Å². The Morgan fingerprint density at radius 2 is 1.00 bits per heavy atom. The quantitative estimate of drug-likeness (QED) is 0.461. The first-order chi connectivity index (χ1) is 11.5. The van der Waals surface area contributed by atoms with Crippen LogP contribution in [0, 0.1) is 0 Å². The lowest BCUT2D eigenvalue weighted by atomic mass is 10.0. The zero-order valence-corrected chi connectivity index (χ0v) is 16.3. The highest BCUT2D eigenvalue weighted by atomic mass is 79.9. The number of rotatable bonds is 7. The molecular formula is C18H16Br2O4. The van der Waals surface area contributed by atoms with Crippen molar-refractivity contribution in [3.05, 3.63) is 59.7 Å². The maximum Gasteiger partial charge on any atom is 0.178 e. The molecule has 0 radical (unpaired) electrons. The standard InChI is InChI=1S/C18H16Br2O4/c1-23-13-7-3-11(4-8-13)17(21)15(19)16(20)18(22)12-5-9-14(24-2)10-6-12/h3-10,15-16H,1-2H3. The van der Waals surface area contributed by atoms with E-state index < -0.39 is 9.65 Å². The number of hydrogen-bond acceptors (Lipinski definition) is 4. The Morgan fingerprint density at radius 3 is 1.25 bits per heavy atom. The number of ether oxygens (including phenoxy) is 2. The minimum absolute atomic E-state index is 0.179. The Labute approximate surface area is 157 Å². The average molecular weight is 456 g/mol. The van der Waals surface area contributed by atoms with Crippen LogP contribution in [-0.4, -0.2) is 35.4 Å². The van der Waals surface area contributed by atoms with Crippen molar-refractivity contribution in [3.63, 3.8) is 0 Å². The smallest absolute Gasteiger partial charge is 0.178 e. The number of methoxy groups -OCH3 is 2. The second-order valence-electron chi connectivity index (χ2n) is 4.99. The molecule has 0 spiro atoms. The number of halogens is 2. The van der Waals surface area contributed by atoms with E-state index in [1.165, 1.54) is 0 Å². The van der Waals surface area contributed by atoms with Gasteiger partial charge in [0.2, 0.25) is 0 Å². The fourth-order valence-electron chi connectivity index (χ4n) is 2.09. The van der Waals surface area contributed by atoms with Crippen molar-refractivity contribution in [1.82, 2.24) is 0 Å². The van der Waals surface area contributed by atoms with Gasteiger partial charge in [0.1, 0.15) is 11.5 Å². The van der Waals surface area contributed by atoms with E-state index in [1.54, 1.807) is 62.8 Å². The second kappa shape index (κ2) is 8.44. The van der Waals surface area contributed by atoms with E-state index in [1.807, 2.05) is 0 Å². The zero-order chi connectivity index (χ0) is 17.7. The number of carbonyl (C=O) groups is 2. The van der Waals surface area contributed by atoms with Gasteiger partial charge in [0.25, 0.3) is 0 Å². The van der Waals surface area contributed by atoms with Gasteiger partial charge in [-0.2, -0.15) is 0 Å². The third kappa shape index (κ3) is 4.24. The third-order valence-corrected chi connectivity index (χ3v) is 6.11. The molecule has 0 amide bonds. The average Bonchev–Trinajstić information content (AvgIpc) is 2.65. The molecule has 2 unspecified atom stereocenters. The first kappa shape index (κ1) is 18.7. The fourth-order valence-corrected chi connectivity index (χ4v) is 3.10. The van der Waals surface area contributed by atoms with Gasteiger partial charge in [-0.25, -0.2) is 0 Å². The molecule has 0 N–H and O–H groups in total. The van der Waals surface area contributed by atoms with Crippen LogP contribution in [0.1, 0.15) is 20.7 Å². The number of ketones is 2. The Kier molecular flexibility index (Phi) is 6.57. The Bertz CT molecular complexity index is 647. The lowest BCUT2D eigenvalue weighted by Crippen LogP contribution is -2.31. The summed E-state index contributed by atoms with van der Waals surface area (Å²) in [5, 5.41) is 0. The molecule has 2 rings (SSSR count). The van der Waals surface area contributed by atoms with Crippen molar-refractivity contribution in [2.24, 2.45) is 0 Å². The minimum Gasteiger partial charge on any atom is -0.497 e. The van der Waals surface area contributed by atoms with Gasteiger partial charge in [0.15, 0.2) is 11.6 Å². The van der Waals surface area contributed by atoms with Crippen LogP contribution in [0.5, 0.6) is 11.5 Å². The maximum absolute atomic E-state index is 12.5. The molecule has 0 saturated carbocycles. The normalized spacial score (nSPS) is 13.0. The van der Waals surface area contributed by atoms with Crippen LogP contribution in [0.3, 0.4) is 0 Å². The molecule has 0 bridgehead atoms. The molecule has 0 aromatic heterocycles. The van der Waals surface area contributed by atoms with Crippen molar-refractivity contribution in [2.45, 2.75) is 9.65 Å². The van der Waals surface area contributed by atoms with Crippen LogP contribution in [0.4, 0.5) is 0 Å². The predicted molar refractivity (Wildman–Crippen MR) is 100 cm³/mol. The summed E-state index contributed by atoms with van der Waals surface area (Å²) in [6.45, 7) is 0. The summed E-state index contributed by atoms with van der Waals surface area (Å²) < 4.78 is 10.2. The molecule has 24 heavy (non-hydrogen) atoms. The van der Waals surface area contributed by atoms with E-state index in [0.29, 0.717) is 22.6 Å². The summed E-state index contributed by atoms with van der Waals surface area (Å²) in [6, 6.07) is 13.5. The third-order valence-electron chi connectivity index (χ3n) is 3.51. The summed E-state index contributed by atoms with van der Waals surface area (Å²) in [6.07, 6.45) is 0. The molecule has 0 aliphatic heterocycles. The minimum atomic E-state index is -0.680. The summed E-state index contributed by atoms with van der Waals surface area (Å²) >= 11 is 6.67. The van der Waals surface area contributed by atoms with Crippen LogP contribution in [0.25, 0.3) is 0 Å². The second-order valence-corrected chi connectivity index (χ2v) is 6.96. The molecule has 0 heterocycles. The van der Waals surface area contributed by atoms with E-state index in [4.69, 9.17) is 9.47 Å². The van der Waals surface area contributed by atoms with Gasteiger partial charge in [-0.1, -0.05) is 31.9 Å². The number of hydrogen-bond donors (Lipinski definition) is 0. The van der Waals surface area contributed by atoms with Crippen molar-refractivity contribution < 1.29 is 19.1 Å². The topological polar surface area (TPSA) is 52.6 Å². The van der Waals surface area contributed by atoms with Gasteiger partial charge in [-0.15, -0.1) is 0 Å². The van der Waals surface area contributed by atoms with E-state index in [9.17, 15) is 9.59 Å². The van der Waals surface area contributed by atoms with Crippen molar-refractivity contribution in [3.8, 4) is 11.5 Å². The highest BCUT2D eigenvalue weighted by Crippen LogP contribution is 2.25. The molecule has 2 aromatic carbocycles. The number of alkyl halides is 2. The Morgan fingerprint density at radius 1 is 0.708 bits per heavy atom. The lowest BCUT2D eigenvalue weighted by molar-refractivity contribution is 0.0934. The van der Waals surface area contributed by atoms with Crippen molar-refractivity contribution in [2.75, 3.05) is 14.2 Å². The molecule has 6 heteroatoms. The summed E-state index contributed by atoms with van der Waals surface area (Å²) in [7, 11) is 3.12. The van der Waals surface area contributed by atoms with E-state index >= 15 is 0 Å². The molecule has 0 saturated heterocycles. The van der Waals surface area contributed by atoms with E-state index in [-0.39, 0.29) is 11.6 Å². The van der Waals surface area contributed by atoms with Crippen molar-refractivity contribution >= 4 is 43.4 Å². The first-order valence-electron chi connectivity index (χ1n) is 7.12. The number of Topliss-reactive ketones (excluding diaryl/α,β-unsaturated/α-hetero) is 2. The monoisotopic (exact) mass is 454 g/mol. The van der Waals surface area contributed by atoms with Crippen LogP contribution in [0.15, 0.2) is 48.5 Å². The van der Waals surface area contributed by atoms with Gasteiger partial charge in [-0.05, 0) is 48.5 Å². The molecule has 2 aromatic rings. The first-order valence-corrected chi connectivity index (χ1v) is 8.95. The van der Waals surface area contributed by atoms with Gasteiger partial charge >= 0.3 is 0 Å². The van der Waals surface area contributed by atoms with Crippen LogP contribution in [0.2, 0.25) is 0 Å². The summed E-state index contributed by atoms with van der Waals surface area (Å²) in [4.78, 5) is 23.7. The van der Waals surface area contributed by atoms with E-state index in [2.05, 4.69) is 31.9 Å². The molecule has 0 aliphatic rings. The molecule has 126 valence electrons. The fraction of sp³-hybridized carbons (Fsp3) is 0.222. The highest BCUT2D eigenvalue weighted by molar-refractivity contribution is 9.12. The Hall–Kier alpha value is -1.66. The van der Waals surface area contributed by atoms with Crippen LogP contribution < -0.4 is 9.47 Å². The molecular weight excluding hydrogens is 440 g/mol. The summed E-state index contributed by atoms with van der Waals surface area (Å²) in [5.41, 5.74) is 1.01. The van der Waals surface area contributed by atoms with E-state index in [0.717, 1.165) is 0 Å². The van der Waals surface area contributed by atoms with Gasteiger partial charge in [0.05, 0.1) is 23.9 Å². The lowest BCUT2D eigenvalue weighted by Gasteiger charge is -2.15. The summed E-state index contributed by atoms with van der Waals surface area (Å²) in [5.74, 6) is 0.979. The molecule has 2 atom stereocenters. The SMILES string of the molecule is COc1ccc(C(=O)C(Br)C(Br)C(=O)c2ccc(OC)cc2)cc1. The van der Waals surface area contributed by atoms with Gasteiger partial charge < -0.3 is 9.47 Å². The highest BCUT2D eigenvalue weighted by Gasteiger charge is 2.30. The largest absolute Gasteiger partial charge is 0.497 e.